The van der Waals surface area contributed by atoms with E-state index in [0.717, 1.165) is 65.5 Å². The van der Waals surface area contributed by atoms with Crippen molar-refractivity contribution < 1.29 is 4.42 Å². The highest BCUT2D eigenvalue weighted by atomic mass is 32.1. The third kappa shape index (κ3) is 4.76. The molecule has 3 heterocycles. The molecule has 3 nitrogen and oxygen atoms in total. The van der Waals surface area contributed by atoms with E-state index >= 15 is 0 Å². The molecule has 0 saturated carbocycles. The van der Waals surface area contributed by atoms with Crippen molar-refractivity contribution in [1.82, 2.24) is 9.97 Å². The van der Waals surface area contributed by atoms with Crippen molar-refractivity contribution in [3.05, 3.63) is 182 Å². The summed E-state index contributed by atoms with van der Waals surface area (Å²) in [5.74, 6) is 0.683. The van der Waals surface area contributed by atoms with Crippen LogP contribution in [0.1, 0.15) is 0 Å². The maximum atomic E-state index is 6.77. The number of rotatable bonds is 4. The first kappa shape index (κ1) is 31.2. The van der Waals surface area contributed by atoms with Crippen LogP contribution in [0.2, 0.25) is 0 Å². The number of benzene rings is 9. The molecule has 12 aromatic rings. The fourth-order valence-corrected chi connectivity index (χ4v) is 9.74. The summed E-state index contributed by atoms with van der Waals surface area (Å²) >= 11 is 1.76. The van der Waals surface area contributed by atoms with Crippen LogP contribution in [0.25, 0.3) is 119 Å². The van der Waals surface area contributed by atoms with Crippen LogP contribution in [0.15, 0.2) is 186 Å². The number of nitrogens with zero attached hydrogens (tertiary/aromatic N) is 2. The highest BCUT2D eigenvalue weighted by Gasteiger charge is 2.23. The van der Waals surface area contributed by atoms with Crippen molar-refractivity contribution in [3.63, 3.8) is 0 Å². The fourth-order valence-electron chi connectivity index (χ4n) is 8.60. The van der Waals surface area contributed by atoms with Gasteiger partial charge in [0.2, 0.25) is 0 Å². The van der Waals surface area contributed by atoms with Gasteiger partial charge < -0.3 is 4.42 Å². The molecule has 0 aliphatic carbocycles. The first-order valence-corrected chi connectivity index (χ1v) is 19.7. The quantitative estimate of drug-likeness (QED) is 0.169. The summed E-state index contributed by atoms with van der Waals surface area (Å²) in [4.78, 5) is 11.0. The van der Waals surface area contributed by atoms with E-state index < -0.39 is 0 Å². The average Bonchev–Trinajstić information content (AvgIpc) is 3.85. The maximum absolute atomic E-state index is 6.77. The lowest BCUT2D eigenvalue weighted by Gasteiger charge is -2.13. The Hall–Kier alpha value is -7.14. The number of hydrogen-bond donors (Lipinski definition) is 0. The molecule has 3 aromatic heterocycles. The molecule has 4 heteroatoms. The van der Waals surface area contributed by atoms with Gasteiger partial charge in [-0.25, -0.2) is 9.97 Å². The Morgan fingerprint density at radius 3 is 1.91 bits per heavy atom. The van der Waals surface area contributed by atoms with E-state index in [0.29, 0.717) is 5.82 Å². The van der Waals surface area contributed by atoms with Gasteiger partial charge in [-0.2, -0.15) is 0 Å². The number of fused-ring (bicyclic) bond motifs is 10. The second-order valence-electron chi connectivity index (χ2n) is 14.5. The van der Waals surface area contributed by atoms with E-state index in [9.17, 15) is 0 Å². The summed E-state index contributed by atoms with van der Waals surface area (Å²) in [5, 5.41) is 10.5. The number of thiophene rings is 1. The maximum Gasteiger partial charge on any atom is 0.161 e. The van der Waals surface area contributed by atoms with Crippen LogP contribution in [0.5, 0.6) is 0 Å². The molecule has 0 bridgehead atoms. The van der Waals surface area contributed by atoms with Gasteiger partial charge in [0.1, 0.15) is 11.2 Å². The minimum Gasteiger partial charge on any atom is -0.455 e. The second kappa shape index (κ2) is 12.2. The third-order valence-electron chi connectivity index (χ3n) is 11.3. The molecule has 0 spiro atoms. The number of para-hydroxylation sites is 1. The average molecular weight is 731 g/mol. The molecule has 0 saturated heterocycles. The lowest BCUT2D eigenvalue weighted by molar-refractivity contribution is 0.670. The highest BCUT2D eigenvalue weighted by Crippen LogP contribution is 2.46. The molecular weight excluding hydrogens is 701 g/mol. The Balaban J connectivity index is 1.09. The molecule has 260 valence electrons. The Morgan fingerprint density at radius 2 is 1.05 bits per heavy atom. The zero-order valence-corrected chi connectivity index (χ0v) is 30.8. The molecule has 0 radical (unpaired) electrons. The SMILES string of the molecule is c1ccc2cc(-c3ccc(-c4ccc(-c5nc(-c6cc7ccccc7c7ccccc67)c6sc7ccccc7c6n5)c5c4oc4ccccc45)cc3)ccc2c1. The van der Waals surface area contributed by atoms with Crippen molar-refractivity contribution in [2.24, 2.45) is 0 Å². The summed E-state index contributed by atoms with van der Waals surface area (Å²) in [6, 6.07) is 64.9. The van der Waals surface area contributed by atoms with Gasteiger partial charge in [-0.1, -0.05) is 146 Å². The van der Waals surface area contributed by atoms with E-state index in [2.05, 4.69) is 176 Å². The monoisotopic (exact) mass is 730 g/mol. The van der Waals surface area contributed by atoms with Gasteiger partial charge in [0.15, 0.2) is 5.82 Å². The number of aromatic nitrogens is 2. The number of furan rings is 1. The fraction of sp³-hybridized carbons (Fsp3) is 0. The van der Waals surface area contributed by atoms with Crippen LogP contribution in [0.3, 0.4) is 0 Å². The van der Waals surface area contributed by atoms with Crippen molar-refractivity contribution in [2.45, 2.75) is 0 Å². The molecule has 0 atom stereocenters. The number of hydrogen-bond acceptors (Lipinski definition) is 4. The molecule has 9 aromatic carbocycles. The van der Waals surface area contributed by atoms with Crippen LogP contribution in [-0.4, -0.2) is 9.97 Å². The highest BCUT2D eigenvalue weighted by molar-refractivity contribution is 7.26. The van der Waals surface area contributed by atoms with Crippen molar-refractivity contribution >= 4 is 85.9 Å². The topological polar surface area (TPSA) is 38.9 Å². The van der Waals surface area contributed by atoms with Crippen LogP contribution in [0.4, 0.5) is 0 Å². The smallest absolute Gasteiger partial charge is 0.161 e. The summed E-state index contributed by atoms with van der Waals surface area (Å²) in [6.07, 6.45) is 0. The Kier molecular flexibility index (Phi) is 6.80. The van der Waals surface area contributed by atoms with E-state index in [1.54, 1.807) is 11.3 Å². The molecule has 0 aliphatic rings. The van der Waals surface area contributed by atoms with Crippen molar-refractivity contribution in [3.8, 4) is 44.9 Å². The first-order valence-electron chi connectivity index (χ1n) is 18.9. The zero-order valence-electron chi connectivity index (χ0n) is 30.0. The van der Waals surface area contributed by atoms with Gasteiger partial charge in [0, 0.05) is 37.5 Å². The standard InChI is InChI=1S/C52H30N2OS/c1-2-12-34-29-35(26-23-31(34)11-1)32-21-24-33(25-22-32)38-27-28-43(47-41-17-7-9-19-45(41)55-50(38)47)52-53-48-42-18-8-10-20-46(42)56-51(48)49(54-52)44-30-36-13-3-4-14-37(36)39-15-5-6-16-40(39)44/h1-30H. The van der Waals surface area contributed by atoms with Gasteiger partial charge in [-0.15, -0.1) is 11.3 Å². The Bertz CT molecular complexity index is 3540. The van der Waals surface area contributed by atoms with E-state index in [1.165, 1.54) is 48.1 Å². The van der Waals surface area contributed by atoms with Gasteiger partial charge in [-0.3, -0.25) is 0 Å². The van der Waals surface area contributed by atoms with Gasteiger partial charge in [0.05, 0.1) is 15.9 Å². The Morgan fingerprint density at radius 1 is 0.411 bits per heavy atom. The van der Waals surface area contributed by atoms with Crippen LogP contribution in [0, 0.1) is 0 Å². The van der Waals surface area contributed by atoms with Gasteiger partial charge >= 0.3 is 0 Å². The molecule has 0 amide bonds. The summed E-state index contributed by atoms with van der Waals surface area (Å²) in [6.45, 7) is 0. The molecule has 0 N–H and O–H groups in total. The lowest BCUT2D eigenvalue weighted by atomic mass is 9.94. The minimum atomic E-state index is 0.683. The minimum absolute atomic E-state index is 0.683. The predicted octanol–water partition coefficient (Wildman–Crippen LogP) is 14.9. The van der Waals surface area contributed by atoms with Crippen molar-refractivity contribution in [2.75, 3.05) is 0 Å². The summed E-state index contributed by atoms with van der Waals surface area (Å²) < 4.78 is 9.06. The molecule has 12 rings (SSSR count). The normalized spacial score (nSPS) is 11.9. The lowest BCUT2D eigenvalue weighted by Crippen LogP contribution is -1.95. The third-order valence-corrected chi connectivity index (χ3v) is 12.5. The summed E-state index contributed by atoms with van der Waals surface area (Å²) in [5.41, 5.74) is 10.1. The van der Waals surface area contributed by atoms with E-state index in [-0.39, 0.29) is 0 Å². The predicted molar refractivity (Wildman–Crippen MR) is 236 cm³/mol. The van der Waals surface area contributed by atoms with Crippen LogP contribution < -0.4 is 0 Å². The zero-order chi connectivity index (χ0) is 36.7. The van der Waals surface area contributed by atoms with Gasteiger partial charge in [-0.05, 0) is 85.4 Å². The Labute approximate surface area is 325 Å². The largest absolute Gasteiger partial charge is 0.455 e. The molecule has 0 fully saturated rings. The van der Waals surface area contributed by atoms with Crippen LogP contribution >= 0.6 is 11.3 Å². The molecule has 56 heavy (non-hydrogen) atoms. The van der Waals surface area contributed by atoms with E-state index in [4.69, 9.17) is 14.4 Å². The summed E-state index contributed by atoms with van der Waals surface area (Å²) in [7, 11) is 0. The van der Waals surface area contributed by atoms with E-state index in [1.807, 2.05) is 6.07 Å². The molecular formula is C52H30N2OS. The molecule has 0 unspecified atom stereocenters. The second-order valence-corrected chi connectivity index (χ2v) is 15.5. The van der Waals surface area contributed by atoms with Gasteiger partial charge in [0.25, 0.3) is 0 Å². The molecule has 0 aliphatic heterocycles. The first-order chi connectivity index (χ1) is 27.7. The van der Waals surface area contributed by atoms with Crippen LogP contribution in [-0.2, 0) is 0 Å². The van der Waals surface area contributed by atoms with Crippen molar-refractivity contribution in [1.29, 1.82) is 0 Å².